The highest BCUT2D eigenvalue weighted by atomic mass is 19.1. The van der Waals surface area contributed by atoms with Gasteiger partial charge in [0.2, 0.25) is 0 Å². The Morgan fingerprint density at radius 1 is 1.16 bits per heavy atom. The molecule has 3 aromatic rings. The van der Waals surface area contributed by atoms with Crippen LogP contribution in [-0.4, -0.2) is 63.6 Å². The maximum absolute atomic E-state index is 14.5. The molecule has 2 aliphatic rings. The average Bonchev–Trinajstić information content (AvgIpc) is 3.01. The molecule has 240 valence electrons. The molecule has 5 atom stereocenters. The zero-order chi connectivity index (χ0) is 32.5. The number of aliphatic imine (C=N–C) groups is 1. The minimum Gasteiger partial charge on any atom is -0.497 e. The Morgan fingerprint density at radius 3 is 2.56 bits per heavy atom. The van der Waals surface area contributed by atoms with E-state index in [9.17, 15) is 14.4 Å². The fraction of sp³-hybridized carbons (Fsp3) is 0.543. The van der Waals surface area contributed by atoms with Gasteiger partial charge in [0, 0.05) is 31.4 Å². The van der Waals surface area contributed by atoms with Crippen molar-refractivity contribution in [2.45, 2.75) is 85.5 Å². The molecule has 1 unspecified atom stereocenters. The molecule has 10 heteroatoms. The van der Waals surface area contributed by atoms with Crippen molar-refractivity contribution in [3.8, 4) is 11.9 Å². The second-order valence-electron chi connectivity index (χ2n) is 13.6. The molecule has 2 fully saturated rings. The number of guanidine groups is 1. The second-order valence-corrected chi connectivity index (χ2v) is 13.6. The van der Waals surface area contributed by atoms with E-state index in [-0.39, 0.29) is 34.9 Å². The molecule has 1 aliphatic heterocycles. The number of anilines is 1. The van der Waals surface area contributed by atoms with Gasteiger partial charge in [-0.3, -0.25) is 9.36 Å². The highest BCUT2D eigenvalue weighted by Crippen LogP contribution is 2.44. The second kappa shape index (κ2) is 13.1. The van der Waals surface area contributed by atoms with E-state index in [1.54, 1.807) is 18.2 Å². The average molecular weight is 616 g/mol. The van der Waals surface area contributed by atoms with Gasteiger partial charge >= 0.3 is 0 Å². The molecule has 0 amide bonds. The van der Waals surface area contributed by atoms with Crippen LogP contribution in [0.5, 0.6) is 5.75 Å². The van der Waals surface area contributed by atoms with Gasteiger partial charge < -0.3 is 19.9 Å². The van der Waals surface area contributed by atoms with E-state index in [4.69, 9.17) is 9.73 Å². The fourth-order valence-electron chi connectivity index (χ4n) is 6.90. The third-order valence-corrected chi connectivity index (χ3v) is 10.3. The lowest BCUT2D eigenvalue weighted by Crippen LogP contribution is -2.57. The van der Waals surface area contributed by atoms with Crippen molar-refractivity contribution >= 4 is 22.5 Å². The van der Waals surface area contributed by atoms with Crippen molar-refractivity contribution in [1.29, 1.82) is 5.26 Å². The molecule has 5 rings (SSSR count). The number of fused-ring (bicyclic) bond motifs is 1. The van der Waals surface area contributed by atoms with Crippen LogP contribution in [-0.2, 0) is 13.0 Å². The van der Waals surface area contributed by atoms with Crippen LogP contribution >= 0.6 is 0 Å². The van der Waals surface area contributed by atoms with E-state index in [0.717, 1.165) is 24.5 Å². The maximum atomic E-state index is 14.5. The summed E-state index contributed by atoms with van der Waals surface area (Å²) in [4.78, 5) is 27.4. The van der Waals surface area contributed by atoms with E-state index in [0.29, 0.717) is 60.1 Å². The van der Waals surface area contributed by atoms with Gasteiger partial charge in [-0.2, -0.15) is 5.26 Å². The zero-order valence-corrected chi connectivity index (χ0v) is 27.5. The number of piperazine rings is 1. The molecular formula is C35H46FN7O2. The van der Waals surface area contributed by atoms with Crippen molar-refractivity contribution < 1.29 is 9.13 Å². The molecule has 9 nitrogen and oxygen atoms in total. The minimum atomic E-state index is -0.358. The van der Waals surface area contributed by atoms with Crippen molar-refractivity contribution in [2.75, 3.05) is 25.5 Å². The quantitative estimate of drug-likeness (QED) is 0.210. The Bertz CT molecular complexity index is 1650. The molecule has 1 saturated carbocycles. The first-order valence-corrected chi connectivity index (χ1v) is 16.0. The van der Waals surface area contributed by atoms with Gasteiger partial charge in [0.25, 0.3) is 5.56 Å². The van der Waals surface area contributed by atoms with E-state index >= 15 is 0 Å². The number of ether oxygens (including phenoxy) is 1. The lowest BCUT2D eigenvalue weighted by atomic mass is 9.63. The summed E-state index contributed by atoms with van der Waals surface area (Å²) in [5.74, 6) is 1.84. The number of halogens is 1. The summed E-state index contributed by atoms with van der Waals surface area (Å²) >= 11 is 0. The summed E-state index contributed by atoms with van der Waals surface area (Å²) in [6.07, 6.45) is 6.38. The Morgan fingerprint density at radius 2 is 1.89 bits per heavy atom. The number of hydrogen-bond acceptors (Lipinski definition) is 6. The fourth-order valence-corrected chi connectivity index (χ4v) is 6.90. The third kappa shape index (κ3) is 6.77. The number of aromatic nitrogens is 2. The molecule has 1 aromatic heterocycles. The highest BCUT2D eigenvalue weighted by molar-refractivity contribution is 5.96. The van der Waals surface area contributed by atoms with Crippen LogP contribution in [0.1, 0.15) is 59.9 Å². The molecule has 1 saturated heterocycles. The Balaban J connectivity index is 1.40. The lowest BCUT2D eigenvalue weighted by Gasteiger charge is -2.45. The Labute approximate surface area is 265 Å². The highest BCUT2D eigenvalue weighted by Gasteiger charge is 2.40. The summed E-state index contributed by atoms with van der Waals surface area (Å²) < 4.78 is 21.1. The van der Waals surface area contributed by atoms with Gasteiger partial charge in [0.1, 0.15) is 11.6 Å². The molecule has 0 bridgehead atoms. The van der Waals surface area contributed by atoms with E-state index in [1.165, 1.54) is 24.1 Å². The standard InChI is InChI=1S/C35H46FN7O2/c1-22-18-42(19-23(2)43(22)20-37)34(40-31-12-14-35(5,6)25(4)24(31)3)39-27-9-11-29-32(16-27)38-21-41(33(29)44)15-13-26-8-10-28(45-7)17-30(26)36/h8-11,16-17,21-25,31H,12-15,18-19H2,1-7H3,(H,39,40)/t22-,23-,24-,25-,31?/m0/s1. The molecule has 0 radical (unpaired) electrons. The third-order valence-electron chi connectivity index (χ3n) is 10.3. The largest absolute Gasteiger partial charge is 0.497 e. The van der Waals surface area contributed by atoms with Gasteiger partial charge in [0.15, 0.2) is 12.2 Å². The van der Waals surface area contributed by atoms with Crippen LogP contribution in [0.15, 0.2) is 52.5 Å². The predicted molar refractivity (Wildman–Crippen MR) is 177 cm³/mol. The van der Waals surface area contributed by atoms with Gasteiger partial charge in [-0.1, -0.05) is 33.8 Å². The van der Waals surface area contributed by atoms with Crippen LogP contribution < -0.4 is 15.6 Å². The number of methoxy groups -OCH3 is 1. The minimum absolute atomic E-state index is 0.0514. The molecule has 45 heavy (non-hydrogen) atoms. The van der Waals surface area contributed by atoms with Gasteiger partial charge in [-0.15, -0.1) is 0 Å². The molecule has 1 N–H and O–H groups in total. The summed E-state index contributed by atoms with van der Waals surface area (Å²) in [6.45, 7) is 15.2. The number of benzene rings is 2. The Kier molecular flexibility index (Phi) is 9.38. The molecular weight excluding hydrogens is 569 g/mol. The number of nitrogens with zero attached hydrogens (tertiary/aromatic N) is 6. The normalized spacial score (nSPS) is 25.2. The monoisotopic (exact) mass is 615 g/mol. The number of aryl methyl sites for hydroxylation is 2. The van der Waals surface area contributed by atoms with Crippen LogP contribution in [0.25, 0.3) is 10.9 Å². The Hall–Kier alpha value is -4.13. The van der Waals surface area contributed by atoms with E-state index < -0.39 is 0 Å². The number of rotatable bonds is 6. The number of nitriles is 1. The summed E-state index contributed by atoms with van der Waals surface area (Å²) in [5, 5.41) is 13.8. The van der Waals surface area contributed by atoms with E-state index in [1.807, 2.05) is 17.0 Å². The smallest absolute Gasteiger partial charge is 0.261 e. The van der Waals surface area contributed by atoms with Crippen LogP contribution in [0.4, 0.5) is 10.1 Å². The van der Waals surface area contributed by atoms with Crippen LogP contribution in [0.3, 0.4) is 0 Å². The maximum Gasteiger partial charge on any atom is 0.261 e. The van der Waals surface area contributed by atoms with Crippen molar-refractivity contribution in [3.63, 3.8) is 0 Å². The van der Waals surface area contributed by atoms with E-state index in [2.05, 4.69) is 62.9 Å². The predicted octanol–water partition coefficient (Wildman–Crippen LogP) is 5.89. The van der Waals surface area contributed by atoms with Crippen molar-refractivity contribution in [1.82, 2.24) is 19.4 Å². The SMILES string of the molecule is COc1ccc(CCn2cnc3cc(NC(=NC4CCC(C)(C)[C@@H](C)[C@@H]4C)N4C[C@H](C)N(C#N)[C@@H](C)C4)ccc3c2=O)c(F)c1. The number of hydrogen-bond donors (Lipinski definition) is 1. The summed E-state index contributed by atoms with van der Waals surface area (Å²) in [7, 11) is 1.50. The van der Waals surface area contributed by atoms with Gasteiger partial charge in [-0.05, 0) is 80.2 Å². The molecule has 1 aliphatic carbocycles. The van der Waals surface area contributed by atoms with Crippen molar-refractivity contribution in [2.24, 2.45) is 22.2 Å². The molecule has 2 heterocycles. The molecule has 2 aromatic carbocycles. The first-order valence-electron chi connectivity index (χ1n) is 16.0. The van der Waals surface area contributed by atoms with Crippen LogP contribution in [0, 0.1) is 34.5 Å². The number of nitrogens with one attached hydrogen (secondary N) is 1. The zero-order valence-electron chi connectivity index (χ0n) is 27.5. The van der Waals surface area contributed by atoms with Crippen LogP contribution in [0.2, 0.25) is 0 Å². The summed E-state index contributed by atoms with van der Waals surface area (Å²) in [5.41, 5.74) is 2.00. The van der Waals surface area contributed by atoms with Gasteiger partial charge in [0.05, 0.1) is 42.5 Å². The van der Waals surface area contributed by atoms with Gasteiger partial charge in [-0.25, -0.2) is 14.4 Å². The topological polar surface area (TPSA) is 98.8 Å². The van der Waals surface area contributed by atoms with Crippen molar-refractivity contribution in [3.05, 3.63) is 64.5 Å². The first kappa shape index (κ1) is 32.3. The summed E-state index contributed by atoms with van der Waals surface area (Å²) in [6, 6.07) is 10.6. The first-order chi connectivity index (χ1) is 21.4. The lowest BCUT2D eigenvalue weighted by molar-refractivity contribution is 0.0819. The molecule has 0 spiro atoms.